The van der Waals surface area contributed by atoms with Crippen molar-refractivity contribution in [1.29, 1.82) is 0 Å². The van der Waals surface area contributed by atoms with E-state index in [4.69, 9.17) is 23.2 Å². The zero-order valence-electron chi connectivity index (χ0n) is 21.4. The number of nitrogens with zero attached hydrogens (tertiary/aromatic N) is 3. The van der Waals surface area contributed by atoms with Gasteiger partial charge in [-0.05, 0) is 49.6 Å². The molecule has 0 unspecified atom stereocenters. The fraction of sp³-hybridized carbons (Fsp3) is 0.462. The number of anilines is 1. The summed E-state index contributed by atoms with van der Waals surface area (Å²) in [6, 6.07) is 12.6. The monoisotopic (exact) mass is 568 g/mol. The molecule has 0 bridgehead atoms. The summed E-state index contributed by atoms with van der Waals surface area (Å²) in [5.74, 6) is -0.798. The third-order valence-corrected chi connectivity index (χ3v) is 9.08. The van der Waals surface area contributed by atoms with E-state index in [-0.39, 0.29) is 18.5 Å². The van der Waals surface area contributed by atoms with E-state index >= 15 is 0 Å². The summed E-state index contributed by atoms with van der Waals surface area (Å²) in [7, 11) is -1.18. The third kappa shape index (κ3) is 7.60. The molecule has 2 aromatic carbocycles. The molecular weight excluding hydrogens is 535 g/mol. The van der Waals surface area contributed by atoms with Crippen LogP contribution in [0.5, 0.6) is 0 Å². The molecule has 0 radical (unpaired) electrons. The highest BCUT2D eigenvalue weighted by atomic mass is 35.5. The van der Waals surface area contributed by atoms with E-state index < -0.39 is 28.7 Å². The van der Waals surface area contributed by atoms with Gasteiger partial charge in [0.2, 0.25) is 11.8 Å². The van der Waals surface area contributed by atoms with Crippen LogP contribution in [0.2, 0.25) is 10.0 Å². The molecule has 0 aliphatic heterocycles. The van der Waals surface area contributed by atoms with Crippen LogP contribution in [-0.4, -0.2) is 62.2 Å². The topological polar surface area (TPSA) is 90.0 Å². The van der Waals surface area contributed by atoms with Crippen molar-refractivity contribution in [2.24, 2.45) is 0 Å². The minimum absolute atomic E-state index is 0.0552. The average molecular weight is 570 g/mol. The summed E-state index contributed by atoms with van der Waals surface area (Å²) in [5.41, 5.74) is 1.01. The number of rotatable bonds is 10. The number of para-hydroxylation sites is 1. The summed E-state index contributed by atoms with van der Waals surface area (Å²) >= 11 is 12.3. The molecule has 0 spiro atoms. The summed E-state index contributed by atoms with van der Waals surface area (Å²) in [5, 5.41) is 3.77. The van der Waals surface area contributed by atoms with Gasteiger partial charge in [-0.3, -0.25) is 9.59 Å². The summed E-state index contributed by atoms with van der Waals surface area (Å²) in [6.45, 7) is 1.23. The number of hydrogen-bond donors (Lipinski definition) is 1. The maximum atomic E-state index is 13.8. The van der Waals surface area contributed by atoms with Crippen LogP contribution in [0.4, 0.5) is 5.69 Å². The Morgan fingerprint density at radius 2 is 1.65 bits per heavy atom. The second-order valence-electron chi connectivity index (χ2n) is 9.42. The van der Waals surface area contributed by atoms with Gasteiger partial charge < -0.3 is 10.2 Å². The van der Waals surface area contributed by atoms with E-state index in [1.165, 1.54) is 19.0 Å². The number of benzene rings is 2. The summed E-state index contributed by atoms with van der Waals surface area (Å²) in [6.07, 6.45) is 5.07. The Balaban J connectivity index is 1.91. The standard InChI is InChI=1S/C26H34Cl2N4O4S/c1-19(26(34)29-21-10-6-4-7-11-21)31(17-20-14-15-23(27)24(28)16-20)25(33)18-32(37(35,36)30(2)3)22-12-8-5-9-13-22/h5,8-9,12-16,19,21H,4,6-7,10-11,17-18H2,1-3H3,(H,29,34)/t19-/m0/s1. The second kappa shape index (κ2) is 13.0. The van der Waals surface area contributed by atoms with Crippen LogP contribution < -0.4 is 9.62 Å². The summed E-state index contributed by atoms with van der Waals surface area (Å²) < 4.78 is 28.4. The molecule has 1 N–H and O–H groups in total. The number of carbonyl (C=O) groups excluding carboxylic acids is 2. The van der Waals surface area contributed by atoms with E-state index in [9.17, 15) is 18.0 Å². The largest absolute Gasteiger partial charge is 0.352 e. The second-order valence-corrected chi connectivity index (χ2v) is 12.3. The lowest BCUT2D eigenvalue weighted by Gasteiger charge is -2.34. The Bertz CT molecular complexity index is 1190. The van der Waals surface area contributed by atoms with Crippen LogP contribution in [0.3, 0.4) is 0 Å². The molecule has 1 saturated carbocycles. The minimum Gasteiger partial charge on any atom is -0.352 e. The van der Waals surface area contributed by atoms with Gasteiger partial charge in [-0.15, -0.1) is 0 Å². The van der Waals surface area contributed by atoms with Crippen LogP contribution in [-0.2, 0) is 26.3 Å². The SMILES string of the molecule is C[C@@H](C(=O)NC1CCCCC1)N(Cc1ccc(Cl)c(Cl)c1)C(=O)CN(c1ccccc1)S(=O)(=O)N(C)C. The fourth-order valence-corrected chi connectivity index (χ4v) is 5.67. The Kier molecular flexibility index (Phi) is 10.2. The lowest BCUT2D eigenvalue weighted by molar-refractivity contribution is -0.139. The molecule has 8 nitrogen and oxygen atoms in total. The Labute approximate surface area is 229 Å². The van der Waals surface area contributed by atoms with Crippen molar-refractivity contribution in [2.45, 2.75) is 57.7 Å². The van der Waals surface area contributed by atoms with Gasteiger partial charge >= 0.3 is 10.2 Å². The van der Waals surface area contributed by atoms with Gasteiger partial charge in [0, 0.05) is 26.7 Å². The molecule has 0 aromatic heterocycles. The highest BCUT2D eigenvalue weighted by Gasteiger charge is 2.33. The average Bonchev–Trinajstić information content (AvgIpc) is 2.88. The molecule has 37 heavy (non-hydrogen) atoms. The smallest absolute Gasteiger partial charge is 0.304 e. The molecule has 0 heterocycles. The molecule has 1 aliphatic rings. The lowest BCUT2D eigenvalue weighted by atomic mass is 9.95. The molecule has 202 valence electrons. The first kappa shape index (κ1) is 29.2. The molecule has 2 amide bonds. The number of nitrogens with one attached hydrogen (secondary N) is 1. The maximum Gasteiger partial charge on any atom is 0.304 e. The molecule has 2 aromatic rings. The van der Waals surface area contributed by atoms with Crippen LogP contribution in [0.1, 0.15) is 44.6 Å². The summed E-state index contributed by atoms with van der Waals surface area (Å²) in [4.78, 5) is 28.4. The first-order valence-corrected chi connectivity index (χ1v) is 14.4. The number of carbonyl (C=O) groups is 2. The molecule has 1 fully saturated rings. The Morgan fingerprint density at radius 3 is 2.24 bits per heavy atom. The van der Waals surface area contributed by atoms with Crippen molar-refractivity contribution < 1.29 is 18.0 Å². The maximum absolute atomic E-state index is 13.8. The predicted molar refractivity (Wildman–Crippen MR) is 148 cm³/mol. The van der Waals surface area contributed by atoms with Crippen molar-refractivity contribution in [3.63, 3.8) is 0 Å². The minimum atomic E-state index is -3.99. The molecule has 3 rings (SSSR count). The van der Waals surface area contributed by atoms with Crippen molar-refractivity contribution in [3.8, 4) is 0 Å². The first-order chi connectivity index (χ1) is 17.5. The highest BCUT2D eigenvalue weighted by Crippen LogP contribution is 2.25. The van der Waals surface area contributed by atoms with E-state index in [1.54, 1.807) is 55.5 Å². The Hall–Kier alpha value is -2.33. The van der Waals surface area contributed by atoms with Crippen LogP contribution in [0.15, 0.2) is 48.5 Å². The zero-order chi connectivity index (χ0) is 27.2. The van der Waals surface area contributed by atoms with Crippen molar-refractivity contribution >= 4 is 50.9 Å². The molecule has 0 saturated heterocycles. The van der Waals surface area contributed by atoms with Gasteiger partial charge in [-0.1, -0.05) is 66.7 Å². The normalized spacial score (nSPS) is 15.3. The predicted octanol–water partition coefficient (Wildman–Crippen LogP) is 4.47. The van der Waals surface area contributed by atoms with Crippen molar-refractivity contribution in [3.05, 3.63) is 64.1 Å². The Morgan fingerprint density at radius 1 is 1.00 bits per heavy atom. The number of hydrogen-bond acceptors (Lipinski definition) is 4. The zero-order valence-corrected chi connectivity index (χ0v) is 23.7. The van der Waals surface area contributed by atoms with E-state index in [0.717, 1.165) is 40.7 Å². The highest BCUT2D eigenvalue weighted by molar-refractivity contribution is 7.90. The van der Waals surface area contributed by atoms with Gasteiger partial charge in [0.05, 0.1) is 15.7 Å². The van der Waals surface area contributed by atoms with Crippen LogP contribution in [0, 0.1) is 0 Å². The van der Waals surface area contributed by atoms with E-state index in [1.807, 2.05) is 0 Å². The van der Waals surface area contributed by atoms with E-state index in [2.05, 4.69) is 5.32 Å². The molecule has 1 aliphatic carbocycles. The van der Waals surface area contributed by atoms with Crippen LogP contribution >= 0.6 is 23.2 Å². The van der Waals surface area contributed by atoms with Crippen molar-refractivity contribution in [2.75, 3.05) is 24.9 Å². The van der Waals surface area contributed by atoms with Gasteiger partial charge in [-0.25, -0.2) is 4.31 Å². The molecule has 11 heteroatoms. The van der Waals surface area contributed by atoms with Crippen molar-refractivity contribution in [1.82, 2.24) is 14.5 Å². The fourth-order valence-electron chi connectivity index (χ4n) is 4.30. The quantitative estimate of drug-likeness (QED) is 0.457. The van der Waals surface area contributed by atoms with Crippen LogP contribution in [0.25, 0.3) is 0 Å². The van der Waals surface area contributed by atoms with E-state index in [0.29, 0.717) is 21.3 Å². The van der Waals surface area contributed by atoms with Gasteiger partial charge in [0.15, 0.2) is 0 Å². The van der Waals surface area contributed by atoms with Gasteiger partial charge in [0.1, 0.15) is 12.6 Å². The lowest BCUT2D eigenvalue weighted by Crippen LogP contribution is -2.53. The third-order valence-electron chi connectivity index (χ3n) is 6.52. The number of amides is 2. The molecule has 1 atom stereocenters. The first-order valence-electron chi connectivity index (χ1n) is 12.3. The van der Waals surface area contributed by atoms with Gasteiger partial charge in [-0.2, -0.15) is 12.7 Å². The number of halogens is 2. The molecular formula is C26H34Cl2N4O4S. The van der Waals surface area contributed by atoms with Gasteiger partial charge in [0.25, 0.3) is 0 Å².